The summed E-state index contributed by atoms with van der Waals surface area (Å²) in [4.78, 5) is 5.42. The Labute approximate surface area is 85.7 Å². The smallest absolute Gasteiger partial charge is 0.0448 e. The number of aromatic amines is 1. The Kier molecular flexibility index (Phi) is 3.72. The number of hydrogen-bond donors (Lipinski definition) is 2. The zero-order chi connectivity index (χ0) is 10.6. The predicted molar refractivity (Wildman–Crippen MR) is 58.0 cm³/mol. The van der Waals surface area contributed by atoms with E-state index in [1.54, 1.807) is 0 Å². The summed E-state index contributed by atoms with van der Waals surface area (Å²) in [6.45, 7) is 5.42. The van der Waals surface area contributed by atoms with Gasteiger partial charge in [0.05, 0.1) is 0 Å². The molecule has 0 saturated heterocycles. The van der Waals surface area contributed by atoms with Crippen LogP contribution in [0.15, 0.2) is 18.3 Å². The number of nitrogens with one attached hydrogen (secondary N) is 1. The Balaban J connectivity index is 2.52. The summed E-state index contributed by atoms with van der Waals surface area (Å²) < 4.78 is 0. The molecule has 0 bridgehead atoms. The number of aliphatic hydroxyl groups is 1. The maximum Gasteiger partial charge on any atom is 0.0448 e. The molecule has 80 valence electrons. The summed E-state index contributed by atoms with van der Waals surface area (Å²) >= 11 is 0. The second kappa shape index (κ2) is 4.62. The maximum atomic E-state index is 8.94. The van der Waals surface area contributed by atoms with Crippen molar-refractivity contribution < 1.29 is 5.11 Å². The SMILES string of the molecule is CN(Cc1ccc[nH]1)C(C)(C)CCO. The van der Waals surface area contributed by atoms with Crippen molar-refractivity contribution in [3.63, 3.8) is 0 Å². The van der Waals surface area contributed by atoms with Gasteiger partial charge in [-0.05, 0) is 39.4 Å². The number of aromatic nitrogens is 1. The standard InChI is InChI=1S/C11H20N2O/c1-11(2,6-8-14)13(3)9-10-5-4-7-12-10/h4-5,7,12,14H,6,8-9H2,1-3H3. The van der Waals surface area contributed by atoms with Crippen molar-refractivity contribution >= 4 is 0 Å². The average molecular weight is 196 g/mol. The van der Waals surface area contributed by atoms with Crippen molar-refractivity contribution in [3.05, 3.63) is 24.0 Å². The van der Waals surface area contributed by atoms with Gasteiger partial charge in [-0.25, -0.2) is 0 Å². The highest BCUT2D eigenvalue weighted by Gasteiger charge is 2.22. The molecular weight excluding hydrogens is 176 g/mol. The molecule has 0 saturated carbocycles. The van der Waals surface area contributed by atoms with Crippen LogP contribution in [0.25, 0.3) is 0 Å². The van der Waals surface area contributed by atoms with Crippen LogP contribution in [0, 0.1) is 0 Å². The summed E-state index contributed by atoms with van der Waals surface area (Å²) in [6.07, 6.45) is 2.73. The van der Waals surface area contributed by atoms with Gasteiger partial charge in [0.2, 0.25) is 0 Å². The van der Waals surface area contributed by atoms with Crippen molar-refractivity contribution in [3.8, 4) is 0 Å². The van der Waals surface area contributed by atoms with E-state index < -0.39 is 0 Å². The van der Waals surface area contributed by atoms with Crippen molar-refractivity contribution in [2.24, 2.45) is 0 Å². The third-order valence-corrected chi connectivity index (χ3v) is 2.83. The van der Waals surface area contributed by atoms with Crippen molar-refractivity contribution in [2.45, 2.75) is 32.4 Å². The van der Waals surface area contributed by atoms with Crippen LogP contribution in [-0.2, 0) is 6.54 Å². The fourth-order valence-corrected chi connectivity index (χ4v) is 1.40. The van der Waals surface area contributed by atoms with E-state index in [1.165, 1.54) is 5.69 Å². The first kappa shape index (κ1) is 11.3. The molecule has 3 heteroatoms. The van der Waals surface area contributed by atoms with Crippen LogP contribution in [0.3, 0.4) is 0 Å². The number of rotatable bonds is 5. The molecule has 1 rings (SSSR count). The van der Waals surface area contributed by atoms with Gasteiger partial charge in [-0.3, -0.25) is 4.90 Å². The zero-order valence-corrected chi connectivity index (χ0v) is 9.25. The van der Waals surface area contributed by atoms with Crippen LogP contribution >= 0.6 is 0 Å². The van der Waals surface area contributed by atoms with Gasteiger partial charge < -0.3 is 10.1 Å². The predicted octanol–water partition coefficient (Wildman–Crippen LogP) is 1.61. The molecule has 1 aromatic heterocycles. The molecule has 1 heterocycles. The Morgan fingerprint density at radius 2 is 2.21 bits per heavy atom. The lowest BCUT2D eigenvalue weighted by Crippen LogP contribution is -2.41. The molecule has 0 aliphatic carbocycles. The summed E-state index contributed by atoms with van der Waals surface area (Å²) in [6, 6.07) is 4.08. The van der Waals surface area contributed by atoms with Gasteiger partial charge in [0.15, 0.2) is 0 Å². The molecule has 2 N–H and O–H groups in total. The van der Waals surface area contributed by atoms with Crippen molar-refractivity contribution in [2.75, 3.05) is 13.7 Å². The van der Waals surface area contributed by atoms with Gasteiger partial charge in [-0.15, -0.1) is 0 Å². The van der Waals surface area contributed by atoms with Crippen molar-refractivity contribution in [1.82, 2.24) is 9.88 Å². The monoisotopic (exact) mass is 196 g/mol. The highest BCUT2D eigenvalue weighted by Crippen LogP contribution is 2.18. The van der Waals surface area contributed by atoms with Crippen LogP contribution in [0.4, 0.5) is 0 Å². The van der Waals surface area contributed by atoms with Gasteiger partial charge in [0.1, 0.15) is 0 Å². The van der Waals surface area contributed by atoms with Crippen LogP contribution in [0.1, 0.15) is 26.0 Å². The maximum absolute atomic E-state index is 8.94. The van der Waals surface area contributed by atoms with Gasteiger partial charge in [0, 0.05) is 30.6 Å². The minimum Gasteiger partial charge on any atom is -0.396 e. The first-order valence-electron chi connectivity index (χ1n) is 5.00. The third kappa shape index (κ3) is 2.86. The highest BCUT2D eigenvalue weighted by molar-refractivity contribution is 5.03. The van der Waals surface area contributed by atoms with E-state index in [-0.39, 0.29) is 12.1 Å². The Hall–Kier alpha value is -0.800. The molecule has 0 unspecified atom stereocenters. The van der Waals surface area contributed by atoms with E-state index in [0.717, 1.165) is 13.0 Å². The second-order valence-corrected chi connectivity index (χ2v) is 4.34. The molecule has 0 spiro atoms. The lowest BCUT2D eigenvalue weighted by molar-refractivity contribution is 0.109. The van der Waals surface area contributed by atoms with Crippen LogP contribution in [0.2, 0.25) is 0 Å². The Morgan fingerprint density at radius 1 is 1.50 bits per heavy atom. The molecule has 0 radical (unpaired) electrons. The Morgan fingerprint density at radius 3 is 2.71 bits per heavy atom. The van der Waals surface area contributed by atoms with Crippen molar-refractivity contribution in [1.29, 1.82) is 0 Å². The molecule has 1 aromatic rings. The third-order valence-electron chi connectivity index (χ3n) is 2.83. The summed E-state index contributed by atoms with van der Waals surface area (Å²) in [5.41, 5.74) is 1.25. The molecule has 0 amide bonds. The molecule has 14 heavy (non-hydrogen) atoms. The fraction of sp³-hybridized carbons (Fsp3) is 0.636. The summed E-state index contributed by atoms with van der Waals surface area (Å²) in [5, 5.41) is 8.94. The number of H-pyrrole nitrogens is 1. The first-order chi connectivity index (χ1) is 6.56. The van der Waals surface area contributed by atoms with E-state index >= 15 is 0 Å². The van der Waals surface area contributed by atoms with E-state index in [1.807, 2.05) is 12.3 Å². The Bertz CT molecular complexity index is 254. The topological polar surface area (TPSA) is 39.3 Å². The number of aliphatic hydroxyl groups excluding tert-OH is 1. The fourth-order valence-electron chi connectivity index (χ4n) is 1.40. The normalized spacial score (nSPS) is 12.4. The molecule has 0 aliphatic rings. The minimum atomic E-state index is 0.0415. The average Bonchev–Trinajstić information content (AvgIpc) is 2.56. The number of hydrogen-bond acceptors (Lipinski definition) is 2. The molecule has 3 nitrogen and oxygen atoms in total. The van der Waals surface area contributed by atoms with E-state index in [2.05, 4.69) is 36.8 Å². The van der Waals surface area contributed by atoms with Crippen LogP contribution < -0.4 is 0 Å². The van der Waals surface area contributed by atoms with E-state index in [4.69, 9.17) is 5.11 Å². The summed E-state index contributed by atoms with van der Waals surface area (Å²) in [5.74, 6) is 0. The molecule has 0 atom stereocenters. The summed E-state index contributed by atoms with van der Waals surface area (Å²) in [7, 11) is 2.08. The van der Waals surface area contributed by atoms with Crippen LogP contribution in [0.5, 0.6) is 0 Å². The molecule has 0 fully saturated rings. The number of nitrogens with zero attached hydrogens (tertiary/aromatic N) is 1. The van der Waals surface area contributed by atoms with Gasteiger partial charge in [-0.2, -0.15) is 0 Å². The second-order valence-electron chi connectivity index (χ2n) is 4.34. The quantitative estimate of drug-likeness (QED) is 0.751. The lowest BCUT2D eigenvalue weighted by Gasteiger charge is -2.35. The van der Waals surface area contributed by atoms with Gasteiger partial charge in [-0.1, -0.05) is 0 Å². The lowest BCUT2D eigenvalue weighted by atomic mass is 9.99. The first-order valence-corrected chi connectivity index (χ1v) is 5.00. The molecule has 0 aliphatic heterocycles. The van der Waals surface area contributed by atoms with Gasteiger partial charge in [0.25, 0.3) is 0 Å². The van der Waals surface area contributed by atoms with E-state index in [0.29, 0.717) is 0 Å². The molecular formula is C11H20N2O. The molecule has 0 aromatic carbocycles. The van der Waals surface area contributed by atoms with Gasteiger partial charge >= 0.3 is 0 Å². The zero-order valence-electron chi connectivity index (χ0n) is 9.25. The minimum absolute atomic E-state index is 0.0415. The highest BCUT2D eigenvalue weighted by atomic mass is 16.3. The van der Waals surface area contributed by atoms with E-state index in [9.17, 15) is 0 Å². The largest absolute Gasteiger partial charge is 0.396 e. The van der Waals surface area contributed by atoms with Crippen LogP contribution in [-0.4, -0.2) is 34.2 Å².